The number of aliphatic hydroxyl groups excluding tert-OH is 1. The lowest BCUT2D eigenvalue weighted by atomic mass is 10.1. The van der Waals surface area contributed by atoms with E-state index < -0.39 is 0 Å². The molecule has 0 spiro atoms. The van der Waals surface area contributed by atoms with Crippen LogP contribution in [0.1, 0.15) is 32.6 Å². The number of nitrogens with two attached hydrogens (primary N) is 1. The molecule has 18 heavy (non-hydrogen) atoms. The maximum atomic E-state index is 9.48. The summed E-state index contributed by atoms with van der Waals surface area (Å²) < 4.78 is 1.90. The molecule has 1 aromatic heterocycles. The summed E-state index contributed by atoms with van der Waals surface area (Å²) in [7, 11) is 0. The standard InChI is InChI=1S/C13H24N4O/c1-11(18)10-12-4-2-6-16(12)7-3-8-17-9-5-13(14)15-17/h5,9,11-12,18H,2-4,6-8,10H2,1H3,(H2,14,15). The molecule has 1 aromatic rings. The van der Waals surface area contributed by atoms with Gasteiger partial charge in [0, 0.05) is 25.3 Å². The van der Waals surface area contributed by atoms with Gasteiger partial charge in [-0.25, -0.2) is 0 Å². The molecule has 3 N–H and O–H groups in total. The third-order valence-corrected chi connectivity index (χ3v) is 3.61. The molecule has 5 heteroatoms. The molecule has 5 nitrogen and oxygen atoms in total. The van der Waals surface area contributed by atoms with Crippen LogP contribution in [0, 0.1) is 0 Å². The summed E-state index contributed by atoms with van der Waals surface area (Å²) in [4.78, 5) is 2.50. The first kappa shape index (κ1) is 13.4. The molecular formula is C13H24N4O. The molecule has 0 saturated carbocycles. The van der Waals surface area contributed by atoms with Crippen molar-refractivity contribution < 1.29 is 5.11 Å². The first-order chi connectivity index (χ1) is 8.65. The molecule has 1 aliphatic heterocycles. The fraction of sp³-hybridized carbons (Fsp3) is 0.769. The van der Waals surface area contributed by atoms with E-state index in [1.165, 1.54) is 19.4 Å². The number of anilines is 1. The van der Waals surface area contributed by atoms with Crippen LogP contribution < -0.4 is 5.73 Å². The Labute approximate surface area is 109 Å². The van der Waals surface area contributed by atoms with E-state index in [4.69, 9.17) is 5.73 Å². The molecule has 102 valence electrons. The van der Waals surface area contributed by atoms with Crippen LogP contribution in [0.25, 0.3) is 0 Å². The van der Waals surface area contributed by atoms with E-state index >= 15 is 0 Å². The highest BCUT2D eigenvalue weighted by Crippen LogP contribution is 2.21. The highest BCUT2D eigenvalue weighted by Gasteiger charge is 2.24. The molecule has 2 unspecified atom stereocenters. The Morgan fingerprint density at radius 1 is 1.56 bits per heavy atom. The number of aliphatic hydroxyl groups is 1. The maximum Gasteiger partial charge on any atom is 0.145 e. The first-order valence-electron chi connectivity index (χ1n) is 6.86. The predicted octanol–water partition coefficient (Wildman–Crippen LogP) is 1.09. The van der Waals surface area contributed by atoms with Crippen LogP contribution in [0.2, 0.25) is 0 Å². The number of hydrogen-bond acceptors (Lipinski definition) is 4. The van der Waals surface area contributed by atoms with Crippen LogP contribution in [0.5, 0.6) is 0 Å². The molecule has 0 aliphatic carbocycles. The van der Waals surface area contributed by atoms with Gasteiger partial charge in [-0.3, -0.25) is 4.68 Å². The van der Waals surface area contributed by atoms with Gasteiger partial charge < -0.3 is 15.7 Å². The van der Waals surface area contributed by atoms with Gasteiger partial charge in [-0.05, 0) is 45.2 Å². The molecule has 1 aliphatic rings. The number of nitrogens with zero attached hydrogens (tertiary/aromatic N) is 3. The lowest BCUT2D eigenvalue weighted by Crippen LogP contribution is -2.33. The van der Waals surface area contributed by atoms with Crippen molar-refractivity contribution in [2.45, 2.75) is 51.3 Å². The fourth-order valence-electron chi connectivity index (χ4n) is 2.79. The molecule has 0 bridgehead atoms. The van der Waals surface area contributed by atoms with Crippen molar-refractivity contribution in [3.8, 4) is 0 Å². The van der Waals surface area contributed by atoms with Crippen LogP contribution >= 0.6 is 0 Å². The van der Waals surface area contributed by atoms with Crippen molar-refractivity contribution in [3.63, 3.8) is 0 Å². The average molecular weight is 252 g/mol. The fourth-order valence-corrected chi connectivity index (χ4v) is 2.79. The minimum atomic E-state index is -0.193. The zero-order valence-electron chi connectivity index (χ0n) is 11.1. The SMILES string of the molecule is CC(O)CC1CCCN1CCCn1ccc(N)n1. The van der Waals surface area contributed by atoms with E-state index in [0.29, 0.717) is 11.9 Å². The largest absolute Gasteiger partial charge is 0.393 e. The predicted molar refractivity (Wildman–Crippen MR) is 72.1 cm³/mol. The number of hydrogen-bond donors (Lipinski definition) is 2. The van der Waals surface area contributed by atoms with Gasteiger partial charge in [-0.2, -0.15) is 5.10 Å². The molecule has 1 fully saturated rings. The molecule has 0 amide bonds. The Bertz CT molecular complexity index is 364. The zero-order valence-corrected chi connectivity index (χ0v) is 11.1. The van der Waals surface area contributed by atoms with Crippen LogP contribution in [-0.4, -0.2) is 45.0 Å². The zero-order chi connectivity index (χ0) is 13.0. The second-order valence-electron chi connectivity index (χ2n) is 5.27. The number of rotatable bonds is 6. The summed E-state index contributed by atoms with van der Waals surface area (Å²) in [6, 6.07) is 2.39. The van der Waals surface area contributed by atoms with E-state index in [1.54, 1.807) is 0 Å². The van der Waals surface area contributed by atoms with E-state index in [9.17, 15) is 5.11 Å². The van der Waals surface area contributed by atoms with Crippen molar-refractivity contribution in [3.05, 3.63) is 12.3 Å². The van der Waals surface area contributed by atoms with E-state index in [-0.39, 0.29) is 6.10 Å². The Morgan fingerprint density at radius 2 is 2.39 bits per heavy atom. The Morgan fingerprint density at radius 3 is 3.06 bits per heavy atom. The normalized spacial score (nSPS) is 22.4. The van der Waals surface area contributed by atoms with Gasteiger partial charge in [0.15, 0.2) is 0 Å². The van der Waals surface area contributed by atoms with Crippen molar-refractivity contribution in [2.75, 3.05) is 18.8 Å². The second kappa shape index (κ2) is 6.20. The average Bonchev–Trinajstić information content (AvgIpc) is 2.88. The minimum absolute atomic E-state index is 0.193. The smallest absolute Gasteiger partial charge is 0.145 e. The minimum Gasteiger partial charge on any atom is -0.393 e. The number of aromatic nitrogens is 2. The van der Waals surface area contributed by atoms with Gasteiger partial charge in [0.05, 0.1) is 6.10 Å². The van der Waals surface area contributed by atoms with Crippen molar-refractivity contribution in [1.82, 2.24) is 14.7 Å². The summed E-state index contributed by atoms with van der Waals surface area (Å²) in [5.41, 5.74) is 5.58. The molecule has 2 rings (SSSR count). The van der Waals surface area contributed by atoms with Gasteiger partial charge in [-0.1, -0.05) is 0 Å². The van der Waals surface area contributed by atoms with Crippen LogP contribution in [0.15, 0.2) is 12.3 Å². The highest BCUT2D eigenvalue weighted by molar-refractivity contribution is 5.23. The Balaban J connectivity index is 1.72. The summed E-state index contributed by atoms with van der Waals surface area (Å²) in [6.07, 6.45) is 6.19. The van der Waals surface area contributed by atoms with Crippen LogP contribution in [-0.2, 0) is 6.54 Å². The lowest BCUT2D eigenvalue weighted by Gasteiger charge is -2.25. The van der Waals surface area contributed by atoms with E-state index in [0.717, 1.165) is 25.9 Å². The number of nitrogen functional groups attached to an aromatic ring is 1. The van der Waals surface area contributed by atoms with E-state index in [1.807, 2.05) is 23.9 Å². The van der Waals surface area contributed by atoms with Gasteiger partial charge in [0.25, 0.3) is 0 Å². The number of likely N-dealkylation sites (tertiary alicyclic amines) is 1. The quantitative estimate of drug-likeness (QED) is 0.795. The third-order valence-electron chi connectivity index (χ3n) is 3.61. The lowest BCUT2D eigenvalue weighted by molar-refractivity contribution is 0.132. The van der Waals surface area contributed by atoms with Gasteiger partial charge >= 0.3 is 0 Å². The molecular weight excluding hydrogens is 228 g/mol. The van der Waals surface area contributed by atoms with Gasteiger partial charge in [0.1, 0.15) is 5.82 Å². The second-order valence-corrected chi connectivity index (χ2v) is 5.27. The highest BCUT2D eigenvalue weighted by atomic mass is 16.3. The van der Waals surface area contributed by atoms with Crippen LogP contribution in [0.3, 0.4) is 0 Å². The number of aryl methyl sites for hydroxylation is 1. The van der Waals surface area contributed by atoms with Crippen LogP contribution in [0.4, 0.5) is 5.82 Å². The van der Waals surface area contributed by atoms with Crippen molar-refractivity contribution in [1.29, 1.82) is 0 Å². The van der Waals surface area contributed by atoms with Crippen molar-refractivity contribution >= 4 is 5.82 Å². The summed E-state index contributed by atoms with van der Waals surface area (Å²) in [5.74, 6) is 0.586. The molecule has 1 saturated heterocycles. The third kappa shape index (κ3) is 3.71. The summed E-state index contributed by atoms with van der Waals surface area (Å²) >= 11 is 0. The molecule has 2 heterocycles. The van der Waals surface area contributed by atoms with Gasteiger partial charge in [0.2, 0.25) is 0 Å². The molecule has 2 atom stereocenters. The Kier molecular flexibility index (Phi) is 4.60. The monoisotopic (exact) mass is 252 g/mol. The summed E-state index contributed by atoms with van der Waals surface area (Å²) in [6.45, 7) is 5.04. The van der Waals surface area contributed by atoms with Gasteiger partial charge in [-0.15, -0.1) is 0 Å². The molecule has 0 radical (unpaired) electrons. The maximum absolute atomic E-state index is 9.48. The van der Waals surface area contributed by atoms with E-state index in [2.05, 4.69) is 10.00 Å². The first-order valence-corrected chi connectivity index (χ1v) is 6.86. The molecule has 0 aromatic carbocycles. The Hall–Kier alpha value is -1.07. The van der Waals surface area contributed by atoms with Crippen molar-refractivity contribution in [2.24, 2.45) is 0 Å². The topological polar surface area (TPSA) is 67.3 Å². The summed E-state index contributed by atoms with van der Waals surface area (Å²) in [5, 5.41) is 13.7.